The minimum absolute atomic E-state index is 0.0364. The third kappa shape index (κ3) is 13.1. The first-order valence-corrected chi connectivity index (χ1v) is 9.72. The summed E-state index contributed by atoms with van der Waals surface area (Å²) in [5.74, 6) is -0.424. The van der Waals surface area contributed by atoms with Gasteiger partial charge in [0.2, 0.25) is 5.91 Å². The van der Waals surface area contributed by atoms with Crippen molar-refractivity contribution < 1.29 is 14.4 Å². The second-order valence-corrected chi connectivity index (χ2v) is 8.62. The highest BCUT2D eigenvalue weighted by atomic mass is 32.2. The second kappa shape index (κ2) is 12.4. The Morgan fingerprint density at radius 1 is 1.04 bits per heavy atom. The highest BCUT2D eigenvalue weighted by Gasteiger charge is 2.11. The quantitative estimate of drug-likeness (QED) is 0.430. The van der Waals surface area contributed by atoms with Crippen LogP contribution in [-0.4, -0.2) is 52.0 Å². The van der Waals surface area contributed by atoms with Gasteiger partial charge in [0.05, 0.1) is 11.5 Å². The van der Waals surface area contributed by atoms with E-state index in [1.54, 1.807) is 11.8 Å². The zero-order valence-electron chi connectivity index (χ0n) is 14.3. The molecule has 0 atom stereocenters. The van der Waals surface area contributed by atoms with Gasteiger partial charge in [0.1, 0.15) is 5.71 Å². The van der Waals surface area contributed by atoms with E-state index in [2.05, 4.69) is 10.3 Å². The molecule has 0 fully saturated rings. The maximum atomic E-state index is 11.7. The zero-order chi connectivity index (χ0) is 17.8. The van der Waals surface area contributed by atoms with E-state index >= 15 is 0 Å². The van der Waals surface area contributed by atoms with Gasteiger partial charge in [0.15, 0.2) is 0 Å². The van der Waals surface area contributed by atoms with Crippen molar-refractivity contribution in [2.75, 3.05) is 18.1 Å². The normalized spacial score (nSPS) is 11.8. The first kappa shape index (κ1) is 22.0. The van der Waals surface area contributed by atoms with E-state index in [-0.39, 0.29) is 29.7 Å². The molecule has 0 aliphatic heterocycles. The average Bonchev–Trinajstić information content (AvgIpc) is 2.45. The SMILES string of the molecule is CC(C)SCC(=O)N=C(CCCNC(=O)CSC(C)C)C(N)=O. The molecule has 0 unspecified atom stereocenters. The van der Waals surface area contributed by atoms with Crippen molar-refractivity contribution in [3.8, 4) is 0 Å². The molecule has 0 saturated heterocycles. The Hall–Kier alpha value is -1.02. The minimum Gasteiger partial charge on any atom is -0.365 e. The molecule has 0 heterocycles. The Labute approximate surface area is 146 Å². The molecule has 0 spiro atoms. The maximum Gasteiger partial charge on any atom is 0.263 e. The van der Waals surface area contributed by atoms with Crippen LogP contribution < -0.4 is 11.1 Å². The molecule has 0 rings (SSSR count). The van der Waals surface area contributed by atoms with Crippen molar-refractivity contribution in [2.24, 2.45) is 10.7 Å². The topological polar surface area (TPSA) is 102 Å². The van der Waals surface area contributed by atoms with Crippen LogP contribution in [0.15, 0.2) is 4.99 Å². The Kier molecular flexibility index (Phi) is 11.9. The predicted molar refractivity (Wildman–Crippen MR) is 99.1 cm³/mol. The standard InChI is InChI=1S/C15H27N3O3S2/c1-10(2)22-8-13(19)17-7-5-6-12(15(16)21)18-14(20)9-23-11(3)4/h10-11H,5-9H2,1-4H3,(H2,16,21)(H,17,19). The fraction of sp³-hybridized carbons (Fsp3) is 0.733. The third-order valence-electron chi connectivity index (χ3n) is 2.54. The van der Waals surface area contributed by atoms with Crippen LogP contribution in [0.2, 0.25) is 0 Å². The van der Waals surface area contributed by atoms with Crippen molar-refractivity contribution in [3.63, 3.8) is 0 Å². The molecular formula is C15H27N3O3S2. The number of rotatable bonds is 11. The number of primary amides is 1. The van der Waals surface area contributed by atoms with E-state index in [4.69, 9.17) is 5.73 Å². The van der Waals surface area contributed by atoms with Crippen LogP contribution in [-0.2, 0) is 14.4 Å². The minimum atomic E-state index is -0.686. The number of nitrogens with one attached hydrogen (secondary N) is 1. The van der Waals surface area contributed by atoms with Gasteiger partial charge in [-0.15, -0.1) is 23.5 Å². The van der Waals surface area contributed by atoms with Crippen LogP contribution in [0.4, 0.5) is 0 Å². The number of carbonyl (C=O) groups is 3. The Morgan fingerprint density at radius 2 is 1.61 bits per heavy atom. The summed E-state index contributed by atoms with van der Waals surface area (Å²) in [6.07, 6.45) is 0.801. The maximum absolute atomic E-state index is 11.7. The van der Waals surface area contributed by atoms with Gasteiger partial charge < -0.3 is 11.1 Å². The van der Waals surface area contributed by atoms with E-state index < -0.39 is 5.91 Å². The molecule has 132 valence electrons. The lowest BCUT2D eigenvalue weighted by Gasteiger charge is -2.07. The predicted octanol–water partition coefficient (Wildman–Crippen LogP) is 1.62. The molecule has 0 bridgehead atoms. The van der Waals surface area contributed by atoms with Gasteiger partial charge >= 0.3 is 0 Å². The molecule has 6 nitrogen and oxygen atoms in total. The fourth-order valence-electron chi connectivity index (χ4n) is 1.43. The van der Waals surface area contributed by atoms with Crippen molar-refractivity contribution in [2.45, 2.75) is 51.0 Å². The van der Waals surface area contributed by atoms with Gasteiger partial charge in [0.25, 0.3) is 11.8 Å². The third-order valence-corrected chi connectivity index (χ3v) is 4.72. The Balaban J connectivity index is 4.17. The molecule has 23 heavy (non-hydrogen) atoms. The van der Waals surface area contributed by atoms with E-state index in [0.717, 1.165) is 0 Å². The number of hydrogen-bond donors (Lipinski definition) is 2. The molecule has 0 aliphatic rings. The van der Waals surface area contributed by atoms with Crippen molar-refractivity contribution in [1.29, 1.82) is 0 Å². The van der Waals surface area contributed by atoms with Gasteiger partial charge in [-0.05, 0) is 23.3 Å². The molecule has 0 saturated carbocycles. The monoisotopic (exact) mass is 361 g/mol. The van der Waals surface area contributed by atoms with Crippen LogP contribution in [0, 0.1) is 0 Å². The van der Waals surface area contributed by atoms with Crippen LogP contribution in [0.5, 0.6) is 0 Å². The summed E-state index contributed by atoms with van der Waals surface area (Å²) in [7, 11) is 0. The highest BCUT2D eigenvalue weighted by Crippen LogP contribution is 2.09. The average molecular weight is 362 g/mol. The largest absolute Gasteiger partial charge is 0.365 e. The summed E-state index contributed by atoms with van der Waals surface area (Å²) in [6, 6.07) is 0. The van der Waals surface area contributed by atoms with E-state index in [1.165, 1.54) is 11.8 Å². The number of hydrogen-bond acceptors (Lipinski definition) is 5. The number of nitrogens with zero attached hydrogens (tertiary/aromatic N) is 1. The summed E-state index contributed by atoms with van der Waals surface area (Å²) < 4.78 is 0. The summed E-state index contributed by atoms with van der Waals surface area (Å²) in [5.41, 5.74) is 5.32. The molecule has 0 radical (unpaired) electrons. The smallest absolute Gasteiger partial charge is 0.263 e. The van der Waals surface area contributed by atoms with Crippen LogP contribution in [0.1, 0.15) is 40.5 Å². The van der Waals surface area contributed by atoms with Crippen LogP contribution in [0.3, 0.4) is 0 Å². The molecule has 3 N–H and O–H groups in total. The van der Waals surface area contributed by atoms with Gasteiger partial charge in [-0.3, -0.25) is 14.4 Å². The van der Waals surface area contributed by atoms with Crippen LogP contribution in [0.25, 0.3) is 0 Å². The summed E-state index contributed by atoms with van der Waals surface area (Å²) in [6.45, 7) is 8.46. The van der Waals surface area contributed by atoms with Gasteiger partial charge in [-0.25, -0.2) is 4.99 Å². The summed E-state index contributed by atoms with van der Waals surface area (Å²) in [4.78, 5) is 38.3. The number of nitrogens with two attached hydrogens (primary N) is 1. The van der Waals surface area contributed by atoms with E-state index in [1.807, 2.05) is 27.7 Å². The molecule has 0 aromatic carbocycles. The van der Waals surface area contributed by atoms with E-state index in [9.17, 15) is 14.4 Å². The Morgan fingerprint density at radius 3 is 2.13 bits per heavy atom. The number of aliphatic imine (C=N–C) groups is 1. The van der Waals surface area contributed by atoms with Gasteiger partial charge in [-0.1, -0.05) is 27.7 Å². The Bertz CT molecular complexity index is 438. The molecular weight excluding hydrogens is 334 g/mol. The van der Waals surface area contributed by atoms with Gasteiger partial charge in [-0.2, -0.15) is 0 Å². The molecule has 0 aromatic rings. The van der Waals surface area contributed by atoms with Crippen molar-refractivity contribution in [3.05, 3.63) is 0 Å². The highest BCUT2D eigenvalue weighted by molar-refractivity contribution is 8.00. The number of carbonyl (C=O) groups excluding carboxylic acids is 3. The molecule has 3 amide bonds. The van der Waals surface area contributed by atoms with Crippen molar-refractivity contribution in [1.82, 2.24) is 5.32 Å². The lowest BCUT2D eigenvalue weighted by molar-refractivity contribution is -0.118. The van der Waals surface area contributed by atoms with Gasteiger partial charge in [0, 0.05) is 6.54 Å². The molecule has 0 aliphatic carbocycles. The van der Waals surface area contributed by atoms with E-state index in [0.29, 0.717) is 29.2 Å². The summed E-state index contributed by atoms with van der Waals surface area (Å²) in [5, 5.41) is 3.50. The van der Waals surface area contributed by atoms with Crippen molar-refractivity contribution >= 4 is 47.0 Å². The second-order valence-electron chi connectivity index (χ2n) is 5.49. The zero-order valence-corrected chi connectivity index (χ0v) is 15.9. The summed E-state index contributed by atoms with van der Waals surface area (Å²) >= 11 is 3.03. The first-order valence-electron chi connectivity index (χ1n) is 7.62. The first-order chi connectivity index (χ1) is 10.7. The fourth-order valence-corrected chi connectivity index (χ4v) is 2.56. The lowest BCUT2D eigenvalue weighted by Crippen LogP contribution is -2.29. The van der Waals surface area contributed by atoms with Crippen LogP contribution >= 0.6 is 23.5 Å². The molecule has 0 aromatic heterocycles. The number of thioether (sulfide) groups is 2. The molecule has 8 heteroatoms. The number of amides is 3. The lowest BCUT2D eigenvalue weighted by atomic mass is 10.2.